The van der Waals surface area contributed by atoms with Crippen LogP contribution in [0.2, 0.25) is 25.7 Å². The fourth-order valence-corrected chi connectivity index (χ4v) is 13.1. The number of rotatable bonds is 38. The van der Waals surface area contributed by atoms with Crippen molar-refractivity contribution in [2.45, 2.75) is 197 Å². The Labute approximate surface area is 613 Å². The summed E-state index contributed by atoms with van der Waals surface area (Å²) >= 11 is 0. The molecule has 0 spiro atoms. The van der Waals surface area contributed by atoms with Gasteiger partial charge >= 0.3 is 29.8 Å². The Morgan fingerprint density at radius 1 is 0.524 bits per heavy atom. The molecule has 0 saturated carbocycles. The first-order valence-electron chi connectivity index (χ1n) is 35.1. The maximum atomic E-state index is 15.1. The second-order valence-corrected chi connectivity index (χ2v) is 32.6. The summed E-state index contributed by atoms with van der Waals surface area (Å²) in [5, 5.41) is 16.0. The standard InChI is InChI=1S/C79H97NO24Si/c1-52(81)92-49-65(99-54(3)83)69(100-55(4)84)71-67(80-66(85)51-90-43-57-29-17-10-18-30-57)62(98-53(2)82)41-79(104-71,78(87)88-5)97-50-63-68(86)72(93-44-58-31-19-11-20-32-58)74(95-46-60-35-23-13-24-36-60)77(101-63)103-70-64(48-89-42-56-27-15-9-16-28-56)102-76(91-39-40-105(6,7)8)75(96-47-61-37-25-14-26-38-61)73(70)94-45-59-33-21-12-22-34-59/h9-38,62-65,67-77,86H,39-51H2,1-8H3,(H,80,85)/t62-,63+,64+,65+,67+,68-,69+,70+,71+,72-,73-,74+,75+,76+,77-,79-/m0/s1. The van der Waals surface area contributed by atoms with Crippen molar-refractivity contribution < 1.29 is 114 Å². The van der Waals surface area contributed by atoms with Gasteiger partial charge in [-0.25, -0.2) is 4.79 Å². The summed E-state index contributed by atoms with van der Waals surface area (Å²) in [4.78, 5) is 81.7. The van der Waals surface area contributed by atoms with E-state index in [0.717, 1.165) is 68.7 Å². The molecule has 3 fully saturated rings. The number of aliphatic hydroxyl groups is 1. The molecule has 3 saturated heterocycles. The molecule has 566 valence electrons. The van der Waals surface area contributed by atoms with E-state index in [1.54, 1.807) is 24.3 Å². The zero-order valence-electron chi connectivity index (χ0n) is 60.5. The van der Waals surface area contributed by atoms with Crippen LogP contribution < -0.4 is 5.32 Å². The first-order valence-corrected chi connectivity index (χ1v) is 38.8. The first kappa shape index (κ1) is 80.9. The van der Waals surface area contributed by atoms with E-state index in [1.165, 1.54) is 0 Å². The average Bonchev–Trinajstić information content (AvgIpc) is 0.758. The van der Waals surface area contributed by atoms with E-state index in [0.29, 0.717) is 12.2 Å². The number of ether oxygens (including phenoxy) is 17. The number of methoxy groups -OCH3 is 1. The fraction of sp³-hybridized carbons (Fsp3) is 0.468. The monoisotopic (exact) mass is 1470 g/mol. The van der Waals surface area contributed by atoms with Crippen LogP contribution in [0.4, 0.5) is 0 Å². The van der Waals surface area contributed by atoms with Crippen molar-refractivity contribution in [1.29, 1.82) is 0 Å². The summed E-state index contributed by atoms with van der Waals surface area (Å²) in [6.07, 6.45) is -21.2. The number of benzene rings is 6. The Morgan fingerprint density at radius 3 is 1.45 bits per heavy atom. The third kappa shape index (κ3) is 25.0. The SMILES string of the molecule is COC(=O)[C@]1(OC[C@H]2O[C@@H](O[C@H]3[C@H](OCc4ccccc4)[C@@H](OCc4ccccc4)[C@H](OCC[Si](C)(C)C)O[C@@H]3COCc3ccccc3)[C@H](OCc3ccccc3)[C@@H](OCc3ccccc3)[C@H]2O)C[C@H](OC(C)=O)[C@@H](NC(=O)COCc2ccccc2)[C@H]([C@H](OC(C)=O)[C@@H](COC(C)=O)OC(C)=O)O1. The number of amides is 1. The van der Waals surface area contributed by atoms with Crippen LogP contribution in [0.15, 0.2) is 182 Å². The molecule has 0 radical (unpaired) electrons. The Kier molecular flexibility index (Phi) is 31.2. The van der Waals surface area contributed by atoms with Gasteiger partial charge in [0.2, 0.25) is 5.91 Å². The molecule has 9 rings (SSSR count). The van der Waals surface area contributed by atoms with Gasteiger partial charge < -0.3 is 90.9 Å². The van der Waals surface area contributed by atoms with Crippen molar-refractivity contribution in [3.8, 4) is 0 Å². The van der Waals surface area contributed by atoms with Crippen LogP contribution in [0, 0.1) is 0 Å². The highest BCUT2D eigenvalue weighted by Gasteiger charge is 2.61. The van der Waals surface area contributed by atoms with Gasteiger partial charge in [0.25, 0.3) is 5.79 Å². The normalized spacial score (nSPS) is 25.2. The second-order valence-electron chi connectivity index (χ2n) is 27.0. The molecule has 26 heteroatoms. The lowest BCUT2D eigenvalue weighted by molar-refractivity contribution is -0.380. The molecule has 0 aromatic heterocycles. The van der Waals surface area contributed by atoms with Crippen LogP contribution in [0.3, 0.4) is 0 Å². The van der Waals surface area contributed by atoms with Crippen LogP contribution in [0.1, 0.15) is 67.5 Å². The number of carbonyl (C=O) groups excluding carboxylic acids is 6. The molecular weight excluding hydrogens is 1370 g/mol. The molecule has 0 unspecified atom stereocenters. The Hall–Kier alpha value is -8.16. The lowest BCUT2D eigenvalue weighted by atomic mass is 9.87. The van der Waals surface area contributed by atoms with Gasteiger partial charge in [-0.1, -0.05) is 202 Å². The fourth-order valence-electron chi connectivity index (χ4n) is 12.3. The van der Waals surface area contributed by atoms with Gasteiger partial charge in [0.05, 0.1) is 72.4 Å². The average molecular weight is 1470 g/mol. The van der Waals surface area contributed by atoms with Crippen molar-refractivity contribution in [3.05, 3.63) is 215 Å². The predicted molar refractivity (Wildman–Crippen MR) is 380 cm³/mol. The highest BCUT2D eigenvalue weighted by molar-refractivity contribution is 6.76. The first-order chi connectivity index (χ1) is 50.6. The summed E-state index contributed by atoms with van der Waals surface area (Å²) in [6.45, 7) is 9.16. The van der Waals surface area contributed by atoms with Crippen LogP contribution >= 0.6 is 0 Å². The molecule has 3 aliphatic heterocycles. The van der Waals surface area contributed by atoms with E-state index in [1.807, 2.05) is 158 Å². The number of nitrogens with one attached hydrogen (secondary N) is 1. The van der Waals surface area contributed by atoms with Crippen molar-refractivity contribution in [2.75, 3.05) is 40.1 Å². The van der Waals surface area contributed by atoms with Crippen LogP contribution in [-0.2, 0) is 149 Å². The van der Waals surface area contributed by atoms with E-state index in [4.69, 9.17) is 80.5 Å². The van der Waals surface area contributed by atoms with Gasteiger partial charge in [-0.3, -0.25) is 24.0 Å². The summed E-state index contributed by atoms with van der Waals surface area (Å²) in [6, 6.07) is 55.4. The van der Waals surface area contributed by atoms with Gasteiger partial charge in [0, 0.05) is 42.4 Å². The highest BCUT2D eigenvalue weighted by atomic mass is 28.3. The minimum Gasteiger partial charge on any atom is -0.465 e. The molecule has 6 aromatic rings. The minimum absolute atomic E-state index is 0.00360. The Bertz CT molecular complexity index is 3620. The molecule has 16 atom stereocenters. The third-order valence-electron chi connectivity index (χ3n) is 17.4. The smallest absolute Gasteiger partial charge is 0.366 e. The van der Waals surface area contributed by atoms with Crippen molar-refractivity contribution in [2.24, 2.45) is 0 Å². The number of aliphatic hydroxyl groups excluding tert-OH is 1. The summed E-state index contributed by atoms with van der Waals surface area (Å²) in [5.41, 5.74) is 4.73. The number of hydrogen-bond acceptors (Lipinski definition) is 24. The third-order valence-corrected chi connectivity index (χ3v) is 19.2. The van der Waals surface area contributed by atoms with E-state index in [2.05, 4.69) is 25.0 Å². The largest absolute Gasteiger partial charge is 0.465 e. The van der Waals surface area contributed by atoms with Gasteiger partial charge in [-0.2, -0.15) is 0 Å². The molecule has 0 bridgehead atoms. The van der Waals surface area contributed by atoms with Crippen LogP contribution in [-0.4, -0.2) is 187 Å². The van der Waals surface area contributed by atoms with Gasteiger partial charge in [0.15, 0.2) is 24.8 Å². The van der Waals surface area contributed by atoms with E-state index >= 15 is 4.79 Å². The Morgan fingerprint density at radius 2 is 0.981 bits per heavy atom. The highest BCUT2D eigenvalue weighted by Crippen LogP contribution is 2.41. The van der Waals surface area contributed by atoms with Crippen molar-refractivity contribution in [3.63, 3.8) is 0 Å². The van der Waals surface area contributed by atoms with Gasteiger partial charge in [-0.15, -0.1) is 0 Å². The predicted octanol–water partition coefficient (Wildman–Crippen LogP) is 8.83. The van der Waals surface area contributed by atoms with Gasteiger partial charge in [0.1, 0.15) is 74.3 Å². The molecule has 6 aromatic carbocycles. The molecule has 0 aliphatic carbocycles. The summed E-state index contributed by atoms with van der Waals surface area (Å²) < 4.78 is 111. The summed E-state index contributed by atoms with van der Waals surface area (Å²) in [7, 11) is -0.686. The zero-order chi connectivity index (χ0) is 74.7. The number of hydrogen-bond donors (Lipinski definition) is 2. The maximum Gasteiger partial charge on any atom is 0.366 e. The molecule has 2 N–H and O–H groups in total. The van der Waals surface area contributed by atoms with Crippen LogP contribution in [0.25, 0.3) is 0 Å². The van der Waals surface area contributed by atoms with E-state index in [-0.39, 0.29) is 46.2 Å². The van der Waals surface area contributed by atoms with Crippen molar-refractivity contribution in [1.82, 2.24) is 5.32 Å². The van der Waals surface area contributed by atoms with Crippen LogP contribution in [0.5, 0.6) is 0 Å². The molecule has 3 aliphatic rings. The van der Waals surface area contributed by atoms with Crippen molar-refractivity contribution >= 4 is 43.8 Å². The molecular formula is C79H97NO24Si. The van der Waals surface area contributed by atoms with E-state index < -0.39 is 168 Å². The molecule has 1 amide bonds. The number of esters is 5. The lowest BCUT2D eigenvalue weighted by Gasteiger charge is -2.50. The second kappa shape index (κ2) is 40.5. The van der Waals surface area contributed by atoms with E-state index in [9.17, 15) is 29.1 Å². The lowest BCUT2D eigenvalue weighted by Crippen LogP contribution is -2.70. The number of carbonyl (C=O) groups is 6. The topological polar surface area (TPSA) is 292 Å². The molecule has 3 heterocycles. The van der Waals surface area contributed by atoms with Gasteiger partial charge in [-0.05, 0) is 39.4 Å². The maximum absolute atomic E-state index is 15.1. The Balaban J connectivity index is 1.16. The molecule has 105 heavy (non-hydrogen) atoms. The zero-order valence-corrected chi connectivity index (χ0v) is 61.5. The molecule has 25 nitrogen and oxygen atoms in total. The minimum atomic E-state index is -2.80. The quantitative estimate of drug-likeness (QED) is 0.0208. The summed E-state index contributed by atoms with van der Waals surface area (Å²) in [5.74, 6) is -8.60.